The van der Waals surface area contributed by atoms with Gasteiger partial charge in [0, 0.05) is 5.69 Å². The first-order chi connectivity index (χ1) is 6.04. The van der Waals surface area contributed by atoms with E-state index in [-0.39, 0.29) is 11.8 Å². The Labute approximate surface area is 88.8 Å². The van der Waals surface area contributed by atoms with Gasteiger partial charge in [0.05, 0.1) is 39.7 Å². The minimum atomic E-state index is -0.254. The molecule has 0 fully saturated rings. The maximum Gasteiger partial charge on any atom is 0.279 e. The molecular formula is C8H7IN2O2. The van der Waals surface area contributed by atoms with E-state index in [1.807, 2.05) is 22.9 Å². The zero-order chi connectivity index (χ0) is 9.75. The van der Waals surface area contributed by atoms with Crippen LogP contribution in [0.4, 0.5) is 0 Å². The Morgan fingerprint density at radius 1 is 1.38 bits per heavy atom. The molecule has 0 radical (unpaired) electrons. The zero-order valence-corrected chi connectivity index (χ0v) is 9.29. The van der Waals surface area contributed by atoms with Gasteiger partial charge in [-0.15, -0.1) is 0 Å². The third-order valence-corrected chi connectivity index (χ3v) is 3.34. The molecule has 0 unspecified atom stereocenters. The van der Waals surface area contributed by atoms with E-state index < -0.39 is 0 Å². The van der Waals surface area contributed by atoms with E-state index in [2.05, 4.69) is 4.99 Å². The molecule has 1 aliphatic heterocycles. The number of hydrogen-bond acceptors (Lipinski definition) is 2. The number of aromatic nitrogens is 1. The van der Waals surface area contributed by atoms with Crippen LogP contribution < -0.4 is 0 Å². The second kappa shape index (κ2) is 2.57. The minimum absolute atomic E-state index is 0.111. The average Bonchev–Trinajstić information content (AvgIpc) is 2.47. The summed E-state index contributed by atoms with van der Waals surface area (Å²) in [6.45, 7) is 3.51. The van der Waals surface area contributed by atoms with Crippen molar-refractivity contribution in [3.05, 3.63) is 16.8 Å². The van der Waals surface area contributed by atoms with Crippen LogP contribution in [-0.4, -0.2) is 19.5 Å². The Morgan fingerprint density at radius 3 is 2.54 bits per heavy atom. The standard InChI is InChI=1S/C8H7IN2O2/c1-3-5-6(7(12)10-3)4(2)11(9)8(5)13/h13H,1-2H3. The van der Waals surface area contributed by atoms with E-state index in [1.165, 1.54) is 0 Å². The Balaban J connectivity index is 2.84. The number of aromatic hydroxyl groups is 1. The van der Waals surface area contributed by atoms with Gasteiger partial charge in [0.25, 0.3) is 5.91 Å². The molecular weight excluding hydrogens is 283 g/mol. The van der Waals surface area contributed by atoms with E-state index in [0.717, 1.165) is 5.69 Å². The number of aliphatic imine (C=N–C) groups is 1. The van der Waals surface area contributed by atoms with Crippen molar-refractivity contribution in [2.24, 2.45) is 4.99 Å². The average molecular weight is 290 g/mol. The summed E-state index contributed by atoms with van der Waals surface area (Å²) in [6.07, 6.45) is 0. The quantitative estimate of drug-likeness (QED) is 0.739. The Kier molecular flexibility index (Phi) is 1.73. The Morgan fingerprint density at radius 2 is 2.00 bits per heavy atom. The summed E-state index contributed by atoms with van der Waals surface area (Å²) in [5.41, 5.74) is 2.45. The maximum absolute atomic E-state index is 11.3. The van der Waals surface area contributed by atoms with Gasteiger partial charge in [0.2, 0.25) is 5.88 Å². The maximum atomic E-state index is 11.3. The first kappa shape index (κ1) is 8.74. The van der Waals surface area contributed by atoms with Crippen LogP contribution in [0.5, 0.6) is 5.88 Å². The molecule has 1 aliphatic rings. The van der Waals surface area contributed by atoms with E-state index in [0.29, 0.717) is 16.8 Å². The van der Waals surface area contributed by atoms with Crippen LogP contribution in [0.15, 0.2) is 4.99 Å². The Hall–Kier alpha value is -0.850. The largest absolute Gasteiger partial charge is 0.493 e. The molecule has 0 saturated heterocycles. The highest BCUT2D eigenvalue weighted by Gasteiger charge is 2.30. The van der Waals surface area contributed by atoms with Gasteiger partial charge >= 0.3 is 0 Å². The van der Waals surface area contributed by atoms with Gasteiger partial charge in [0.15, 0.2) is 0 Å². The SMILES string of the molecule is CC1=NC(=O)c2c1c(O)n(I)c2C. The topological polar surface area (TPSA) is 54.6 Å². The highest BCUT2D eigenvalue weighted by atomic mass is 127. The summed E-state index contributed by atoms with van der Waals surface area (Å²) < 4.78 is 1.57. The molecule has 4 nitrogen and oxygen atoms in total. The summed E-state index contributed by atoms with van der Waals surface area (Å²) in [6, 6.07) is 0. The summed E-state index contributed by atoms with van der Waals surface area (Å²) in [5.74, 6) is -0.143. The molecule has 1 aromatic heterocycles. The van der Waals surface area contributed by atoms with Crippen LogP contribution in [0, 0.1) is 6.92 Å². The zero-order valence-electron chi connectivity index (χ0n) is 7.13. The summed E-state index contributed by atoms with van der Waals surface area (Å²) in [7, 11) is 0. The van der Waals surface area contributed by atoms with E-state index in [4.69, 9.17) is 0 Å². The molecule has 68 valence electrons. The molecule has 0 saturated carbocycles. The van der Waals surface area contributed by atoms with E-state index in [1.54, 1.807) is 16.6 Å². The molecule has 13 heavy (non-hydrogen) atoms. The van der Waals surface area contributed by atoms with Crippen LogP contribution >= 0.6 is 22.9 Å². The number of hydrogen-bond donors (Lipinski definition) is 1. The fraction of sp³-hybridized carbons (Fsp3) is 0.250. The highest BCUT2D eigenvalue weighted by Crippen LogP contribution is 2.34. The van der Waals surface area contributed by atoms with Crippen molar-refractivity contribution in [1.82, 2.24) is 2.78 Å². The minimum Gasteiger partial charge on any atom is -0.493 e. The number of amides is 1. The predicted molar refractivity (Wildman–Crippen MR) is 56.8 cm³/mol. The lowest BCUT2D eigenvalue weighted by atomic mass is 10.1. The first-order valence-electron chi connectivity index (χ1n) is 3.74. The number of rotatable bonds is 0. The van der Waals surface area contributed by atoms with E-state index in [9.17, 15) is 9.90 Å². The van der Waals surface area contributed by atoms with Crippen molar-refractivity contribution in [3.8, 4) is 5.88 Å². The Bertz CT molecular complexity index is 445. The third kappa shape index (κ3) is 0.962. The van der Waals surface area contributed by atoms with Gasteiger partial charge < -0.3 is 5.11 Å². The van der Waals surface area contributed by atoms with Crippen molar-refractivity contribution in [1.29, 1.82) is 0 Å². The second-order valence-corrected chi connectivity index (χ2v) is 3.91. The third-order valence-electron chi connectivity index (χ3n) is 2.16. The predicted octanol–water partition coefficient (Wildman–Crippen LogP) is 1.66. The van der Waals surface area contributed by atoms with Crippen LogP contribution in [0.2, 0.25) is 0 Å². The molecule has 0 atom stereocenters. The van der Waals surface area contributed by atoms with Gasteiger partial charge in [-0.1, -0.05) is 0 Å². The first-order valence-corrected chi connectivity index (χ1v) is 4.71. The van der Waals surface area contributed by atoms with Crippen molar-refractivity contribution >= 4 is 34.5 Å². The summed E-state index contributed by atoms with van der Waals surface area (Å²) in [4.78, 5) is 15.1. The smallest absolute Gasteiger partial charge is 0.279 e. The lowest BCUT2D eigenvalue weighted by molar-refractivity contribution is 0.101. The van der Waals surface area contributed by atoms with Crippen LogP contribution in [-0.2, 0) is 0 Å². The van der Waals surface area contributed by atoms with Crippen LogP contribution in [0.3, 0.4) is 0 Å². The van der Waals surface area contributed by atoms with Crippen LogP contribution in [0.1, 0.15) is 28.5 Å². The van der Waals surface area contributed by atoms with Crippen molar-refractivity contribution < 1.29 is 9.90 Å². The van der Waals surface area contributed by atoms with Gasteiger partial charge in [-0.2, -0.15) is 0 Å². The molecule has 5 heteroatoms. The summed E-state index contributed by atoms with van der Waals surface area (Å²) in [5, 5.41) is 9.65. The van der Waals surface area contributed by atoms with Crippen molar-refractivity contribution in [2.75, 3.05) is 0 Å². The molecule has 1 aromatic rings. The molecule has 0 bridgehead atoms. The lowest BCUT2D eigenvalue weighted by Crippen LogP contribution is -1.93. The molecule has 0 aliphatic carbocycles. The molecule has 0 aromatic carbocycles. The van der Waals surface area contributed by atoms with Gasteiger partial charge in [-0.25, -0.2) is 4.99 Å². The van der Waals surface area contributed by atoms with Gasteiger partial charge in [0.1, 0.15) is 0 Å². The van der Waals surface area contributed by atoms with Crippen LogP contribution in [0.25, 0.3) is 0 Å². The number of nitrogens with zero attached hydrogens (tertiary/aromatic N) is 2. The second-order valence-electron chi connectivity index (χ2n) is 2.94. The number of fused-ring (bicyclic) bond motifs is 1. The fourth-order valence-electron chi connectivity index (χ4n) is 1.52. The van der Waals surface area contributed by atoms with Gasteiger partial charge in [-0.3, -0.25) is 7.58 Å². The number of carbonyl (C=O) groups is 1. The molecule has 2 heterocycles. The molecule has 0 spiro atoms. The fourth-order valence-corrected chi connectivity index (χ4v) is 2.00. The normalized spacial score (nSPS) is 14.7. The monoisotopic (exact) mass is 290 g/mol. The lowest BCUT2D eigenvalue weighted by Gasteiger charge is -1.96. The highest BCUT2D eigenvalue weighted by molar-refractivity contribution is 14.1. The van der Waals surface area contributed by atoms with Crippen molar-refractivity contribution in [3.63, 3.8) is 0 Å². The molecule has 2 rings (SSSR count). The summed E-state index contributed by atoms with van der Waals surface area (Å²) >= 11 is 1.95. The molecule has 1 N–H and O–H groups in total. The number of halogens is 1. The van der Waals surface area contributed by atoms with Crippen molar-refractivity contribution in [2.45, 2.75) is 13.8 Å². The number of carbonyl (C=O) groups excluding carboxylic acids is 1. The van der Waals surface area contributed by atoms with Gasteiger partial charge in [-0.05, 0) is 13.8 Å². The molecule has 1 amide bonds. The van der Waals surface area contributed by atoms with E-state index >= 15 is 0 Å².